The number of carbonyl (C=O) groups excluding carboxylic acids is 1. The average molecular weight is 393 g/mol. The molecule has 0 unspecified atom stereocenters. The summed E-state index contributed by atoms with van der Waals surface area (Å²) in [6, 6.07) is 0.0339. The van der Waals surface area contributed by atoms with Gasteiger partial charge >= 0.3 is 0 Å². The van der Waals surface area contributed by atoms with E-state index in [4.69, 9.17) is 4.42 Å². The highest BCUT2D eigenvalue weighted by Gasteiger charge is 2.24. The third-order valence-corrected chi connectivity index (χ3v) is 5.08. The highest BCUT2D eigenvalue weighted by molar-refractivity contribution is 5.85. The Bertz CT molecular complexity index is 519. The lowest BCUT2D eigenvalue weighted by atomic mass is 9.96. The van der Waals surface area contributed by atoms with E-state index < -0.39 is 0 Å². The number of halogens is 2. The second kappa shape index (κ2) is 10.4. The first-order chi connectivity index (χ1) is 11.1. The standard InChI is InChI=1S/C17H28N4O2.2ClH/c1-12-13(2)23-16(20-12)11-21-8-5-14(6-9-21)10-19-17(22)15-4-3-7-18-15;;/h14-15,18H,3-11H2,1-2H3,(H,19,22);2*1H/t15-;;/m0../s1. The van der Waals surface area contributed by atoms with E-state index >= 15 is 0 Å². The summed E-state index contributed by atoms with van der Waals surface area (Å²) in [7, 11) is 0. The maximum absolute atomic E-state index is 12.0. The lowest BCUT2D eigenvalue weighted by Gasteiger charge is -2.31. The van der Waals surface area contributed by atoms with Crippen molar-refractivity contribution < 1.29 is 9.21 Å². The molecule has 1 aromatic heterocycles. The van der Waals surface area contributed by atoms with Gasteiger partial charge in [-0.1, -0.05) is 0 Å². The molecule has 8 heteroatoms. The Kier molecular flexibility index (Phi) is 9.21. The second-order valence-electron chi connectivity index (χ2n) is 6.86. The molecule has 2 aliphatic heterocycles. The van der Waals surface area contributed by atoms with E-state index in [0.29, 0.717) is 5.92 Å². The van der Waals surface area contributed by atoms with Gasteiger partial charge in [-0.15, -0.1) is 24.8 Å². The van der Waals surface area contributed by atoms with Gasteiger partial charge in [-0.25, -0.2) is 4.98 Å². The number of piperidine rings is 1. The summed E-state index contributed by atoms with van der Waals surface area (Å²) in [5, 5.41) is 6.37. The van der Waals surface area contributed by atoms with Gasteiger partial charge in [0.15, 0.2) is 0 Å². The number of amides is 1. The summed E-state index contributed by atoms with van der Waals surface area (Å²) in [4.78, 5) is 18.9. The maximum atomic E-state index is 12.0. The van der Waals surface area contributed by atoms with Crippen molar-refractivity contribution in [3.8, 4) is 0 Å². The molecule has 2 fully saturated rings. The topological polar surface area (TPSA) is 70.4 Å². The lowest BCUT2D eigenvalue weighted by Crippen LogP contribution is -2.44. The summed E-state index contributed by atoms with van der Waals surface area (Å²) < 4.78 is 5.66. The number of hydrogen-bond donors (Lipinski definition) is 2. The molecule has 0 saturated carbocycles. The molecule has 2 saturated heterocycles. The molecule has 3 rings (SSSR count). The molecule has 1 atom stereocenters. The minimum absolute atomic E-state index is 0. The highest BCUT2D eigenvalue weighted by Crippen LogP contribution is 2.19. The Labute approximate surface area is 162 Å². The van der Waals surface area contributed by atoms with E-state index in [1.54, 1.807) is 0 Å². The summed E-state index contributed by atoms with van der Waals surface area (Å²) in [6.07, 6.45) is 4.32. The normalized spacial score (nSPS) is 21.4. The van der Waals surface area contributed by atoms with Gasteiger partial charge in [0.05, 0.1) is 18.3 Å². The molecule has 0 aromatic carbocycles. The van der Waals surface area contributed by atoms with Gasteiger partial charge in [-0.2, -0.15) is 0 Å². The number of hydrogen-bond acceptors (Lipinski definition) is 5. The minimum atomic E-state index is 0. The van der Waals surface area contributed by atoms with Crippen LogP contribution in [0.25, 0.3) is 0 Å². The van der Waals surface area contributed by atoms with Crippen LogP contribution in [0.2, 0.25) is 0 Å². The quantitative estimate of drug-likeness (QED) is 0.803. The molecule has 6 nitrogen and oxygen atoms in total. The van der Waals surface area contributed by atoms with Crippen LogP contribution in [-0.4, -0.2) is 48.0 Å². The molecule has 2 N–H and O–H groups in total. The van der Waals surface area contributed by atoms with Crippen molar-refractivity contribution >= 4 is 30.7 Å². The number of aromatic nitrogens is 1. The zero-order chi connectivity index (χ0) is 16.2. The fourth-order valence-corrected chi connectivity index (χ4v) is 3.42. The van der Waals surface area contributed by atoms with Crippen molar-refractivity contribution in [1.82, 2.24) is 20.5 Å². The Morgan fingerprint density at radius 2 is 2.00 bits per heavy atom. The first-order valence-electron chi connectivity index (χ1n) is 8.78. The number of nitrogens with one attached hydrogen (secondary N) is 2. The molecule has 0 bridgehead atoms. The van der Waals surface area contributed by atoms with Crippen LogP contribution in [0.3, 0.4) is 0 Å². The van der Waals surface area contributed by atoms with Crippen molar-refractivity contribution in [2.45, 2.75) is 52.1 Å². The van der Waals surface area contributed by atoms with Gasteiger partial charge in [-0.3, -0.25) is 9.69 Å². The first-order valence-corrected chi connectivity index (χ1v) is 8.78. The predicted molar refractivity (Wildman–Crippen MR) is 103 cm³/mol. The smallest absolute Gasteiger partial charge is 0.237 e. The molecule has 3 heterocycles. The zero-order valence-corrected chi connectivity index (χ0v) is 16.7. The predicted octanol–water partition coefficient (Wildman–Crippen LogP) is 2.22. The van der Waals surface area contributed by atoms with Gasteiger partial charge < -0.3 is 15.1 Å². The molecule has 144 valence electrons. The van der Waals surface area contributed by atoms with Crippen molar-refractivity contribution in [1.29, 1.82) is 0 Å². The van der Waals surface area contributed by atoms with Crippen LogP contribution in [0.4, 0.5) is 0 Å². The molecule has 0 aliphatic carbocycles. The summed E-state index contributed by atoms with van der Waals surface area (Å²) >= 11 is 0. The summed E-state index contributed by atoms with van der Waals surface area (Å²) in [5.74, 6) is 2.50. The number of aryl methyl sites for hydroxylation is 2. The fraction of sp³-hybridized carbons (Fsp3) is 0.765. The first kappa shape index (κ1) is 22.2. The number of rotatable bonds is 5. The van der Waals surface area contributed by atoms with Crippen molar-refractivity contribution in [2.75, 3.05) is 26.2 Å². The van der Waals surface area contributed by atoms with Gasteiger partial charge in [-0.05, 0) is 65.1 Å². The molecular weight excluding hydrogens is 363 g/mol. The third-order valence-electron chi connectivity index (χ3n) is 5.08. The van der Waals surface area contributed by atoms with Crippen molar-refractivity contribution in [3.05, 3.63) is 17.3 Å². The van der Waals surface area contributed by atoms with Crippen LogP contribution in [0.1, 0.15) is 43.0 Å². The van der Waals surface area contributed by atoms with Crippen LogP contribution >= 0.6 is 24.8 Å². The van der Waals surface area contributed by atoms with Crippen molar-refractivity contribution in [3.63, 3.8) is 0 Å². The zero-order valence-electron chi connectivity index (χ0n) is 15.0. The van der Waals surface area contributed by atoms with Crippen molar-refractivity contribution in [2.24, 2.45) is 5.92 Å². The second-order valence-corrected chi connectivity index (χ2v) is 6.86. The average Bonchev–Trinajstić information content (AvgIpc) is 3.17. The third kappa shape index (κ3) is 6.13. The Balaban J connectivity index is 0.00000156. The van der Waals surface area contributed by atoms with Gasteiger partial charge in [0.1, 0.15) is 5.76 Å². The number of nitrogens with zero attached hydrogens (tertiary/aromatic N) is 2. The number of carbonyl (C=O) groups is 1. The molecule has 25 heavy (non-hydrogen) atoms. The molecule has 1 amide bonds. The number of likely N-dealkylation sites (tertiary alicyclic amines) is 1. The van der Waals surface area contributed by atoms with Gasteiger partial charge in [0.2, 0.25) is 11.8 Å². The molecule has 2 aliphatic rings. The van der Waals surface area contributed by atoms with E-state index in [1.807, 2.05) is 13.8 Å². The minimum Gasteiger partial charge on any atom is -0.444 e. The Hall–Kier alpha value is -0.820. The fourth-order valence-electron chi connectivity index (χ4n) is 3.42. The van der Waals surface area contributed by atoms with E-state index in [1.165, 1.54) is 0 Å². The molecular formula is C17H30Cl2N4O2. The lowest BCUT2D eigenvalue weighted by molar-refractivity contribution is -0.123. The summed E-state index contributed by atoms with van der Waals surface area (Å²) in [5.41, 5.74) is 0.984. The Morgan fingerprint density at radius 3 is 2.56 bits per heavy atom. The van der Waals surface area contributed by atoms with Crippen LogP contribution in [0, 0.1) is 19.8 Å². The van der Waals surface area contributed by atoms with Crippen LogP contribution in [0.5, 0.6) is 0 Å². The monoisotopic (exact) mass is 392 g/mol. The van der Waals surface area contributed by atoms with E-state index in [-0.39, 0.29) is 36.8 Å². The van der Waals surface area contributed by atoms with Gasteiger partial charge in [0, 0.05) is 6.54 Å². The largest absolute Gasteiger partial charge is 0.444 e. The van der Waals surface area contributed by atoms with Crippen LogP contribution < -0.4 is 10.6 Å². The maximum Gasteiger partial charge on any atom is 0.237 e. The number of oxazole rings is 1. The molecule has 0 radical (unpaired) electrons. The molecule has 0 spiro atoms. The van der Waals surface area contributed by atoms with Gasteiger partial charge in [0.25, 0.3) is 0 Å². The highest BCUT2D eigenvalue weighted by atomic mass is 35.5. The summed E-state index contributed by atoms with van der Waals surface area (Å²) in [6.45, 7) is 8.60. The van der Waals surface area contributed by atoms with E-state index in [9.17, 15) is 4.79 Å². The van der Waals surface area contributed by atoms with Crippen LogP contribution in [0.15, 0.2) is 4.42 Å². The SMILES string of the molecule is Cc1nc(CN2CCC(CNC(=O)[C@@H]3CCCN3)CC2)oc1C.Cl.Cl. The van der Waals surface area contributed by atoms with Crippen LogP contribution in [-0.2, 0) is 11.3 Å². The van der Waals surface area contributed by atoms with E-state index in [0.717, 1.165) is 75.8 Å². The van der Waals surface area contributed by atoms with E-state index in [2.05, 4.69) is 20.5 Å². The Morgan fingerprint density at radius 1 is 1.28 bits per heavy atom. The molecule has 1 aromatic rings.